The van der Waals surface area contributed by atoms with Crippen molar-refractivity contribution >= 4 is 35.5 Å². The topological polar surface area (TPSA) is 252 Å². The fourth-order valence-electron chi connectivity index (χ4n) is 7.19. The highest BCUT2D eigenvalue weighted by molar-refractivity contribution is 5.96. The molecule has 5 atom stereocenters. The van der Waals surface area contributed by atoms with Crippen LogP contribution >= 0.6 is 0 Å². The minimum absolute atomic E-state index is 0.0593. The second-order valence-corrected chi connectivity index (χ2v) is 16.1. The largest absolute Gasteiger partial charge is 0.480 e. The van der Waals surface area contributed by atoms with Gasteiger partial charge in [0.25, 0.3) is 0 Å². The molecule has 0 aliphatic carbocycles. The summed E-state index contributed by atoms with van der Waals surface area (Å²) in [7, 11) is 0. The maximum atomic E-state index is 14.3. The van der Waals surface area contributed by atoms with Crippen LogP contribution in [0.5, 0.6) is 0 Å². The average molecular weight is 827 g/mol. The molecule has 1 fully saturated rings. The van der Waals surface area contributed by atoms with Gasteiger partial charge in [0, 0.05) is 25.9 Å². The number of carbonyl (C=O) groups excluding carboxylic acids is 5. The predicted octanol–water partition coefficient (Wildman–Crippen LogP) is 1.56. The Bertz CT molecular complexity index is 1860. The van der Waals surface area contributed by atoms with Crippen LogP contribution in [0.25, 0.3) is 0 Å². The Morgan fingerprint density at radius 2 is 1.05 bits per heavy atom. The first-order valence-corrected chi connectivity index (χ1v) is 20.8. The van der Waals surface area contributed by atoms with Gasteiger partial charge in [-0.05, 0) is 74.1 Å². The van der Waals surface area contributed by atoms with Gasteiger partial charge in [-0.25, -0.2) is 0 Å². The van der Waals surface area contributed by atoms with Crippen LogP contribution in [0.2, 0.25) is 0 Å². The predicted molar refractivity (Wildman–Crippen MR) is 229 cm³/mol. The van der Waals surface area contributed by atoms with E-state index >= 15 is 0 Å². The standard InChI is InChI=1S/C45H62N8O7/c1-30(2)26-36(40(55)49-35(20-12-13-23-46)43(58)53-24-21-45(48,22-25-53)44(59)60)51-42(57)38(29-33-18-10-5-11-19-33)52-41(56)37(28-32-16-8-4-9-17-32)50-39(54)34(47)27-31-14-6-3-7-15-31/h3-11,14-19,30,34-38H,12-13,20-29,46-48H2,1-2H3,(H,49,55)(H,50,54)(H,51,57)(H,52,56)(H,59,60)/t34-,35+,36+,37+,38+/m1/s1. The summed E-state index contributed by atoms with van der Waals surface area (Å²) in [6.07, 6.45) is 2.23. The molecule has 1 aliphatic rings. The van der Waals surface area contributed by atoms with E-state index in [0.29, 0.717) is 19.4 Å². The number of carboxylic acids is 1. The van der Waals surface area contributed by atoms with E-state index in [-0.39, 0.29) is 69.9 Å². The lowest BCUT2D eigenvalue weighted by atomic mass is 9.88. The lowest BCUT2D eigenvalue weighted by Crippen LogP contribution is -2.61. The van der Waals surface area contributed by atoms with Gasteiger partial charge in [0.1, 0.15) is 29.7 Å². The van der Waals surface area contributed by atoms with Crippen molar-refractivity contribution in [2.24, 2.45) is 23.1 Å². The zero-order valence-electron chi connectivity index (χ0n) is 34.7. The molecule has 5 amide bonds. The third kappa shape index (κ3) is 14.6. The fraction of sp³-hybridized carbons (Fsp3) is 0.467. The van der Waals surface area contributed by atoms with E-state index in [1.165, 1.54) is 4.90 Å². The van der Waals surface area contributed by atoms with Crippen molar-refractivity contribution in [1.82, 2.24) is 26.2 Å². The summed E-state index contributed by atoms with van der Waals surface area (Å²) in [5.41, 5.74) is 19.0. The molecule has 1 aliphatic heterocycles. The number of nitrogens with two attached hydrogens (primary N) is 3. The molecule has 15 nitrogen and oxygen atoms in total. The molecule has 0 spiro atoms. The third-order valence-electron chi connectivity index (χ3n) is 10.8. The van der Waals surface area contributed by atoms with E-state index in [2.05, 4.69) is 21.3 Å². The number of nitrogens with one attached hydrogen (secondary N) is 4. The molecule has 1 saturated heterocycles. The lowest BCUT2D eigenvalue weighted by molar-refractivity contribution is -0.148. The Morgan fingerprint density at radius 3 is 1.50 bits per heavy atom. The van der Waals surface area contributed by atoms with E-state index in [0.717, 1.165) is 16.7 Å². The van der Waals surface area contributed by atoms with E-state index in [4.69, 9.17) is 17.2 Å². The number of likely N-dealkylation sites (tertiary alicyclic amines) is 1. The van der Waals surface area contributed by atoms with E-state index < -0.39 is 65.3 Å². The smallest absolute Gasteiger partial charge is 0.323 e. The molecule has 0 bridgehead atoms. The SMILES string of the molecule is CC(C)C[C@H](NC(=O)[C@H](Cc1ccccc1)NC(=O)[C@H](Cc1ccccc1)NC(=O)[C@H](N)Cc1ccccc1)C(=O)N[C@@H](CCCCN)C(=O)N1CCC(N)(C(=O)O)CC1. The zero-order valence-corrected chi connectivity index (χ0v) is 34.7. The van der Waals surface area contributed by atoms with Gasteiger partial charge in [-0.1, -0.05) is 105 Å². The van der Waals surface area contributed by atoms with Crippen molar-refractivity contribution in [3.63, 3.8) is 0 Å². The number of nitrogens with zero attached hydrogens (tertiary/aromatic N) is 1. The van der Waals surface area contributed by atoms with Crippen LogP contribution in [0.1, 0.15) is 69.1 Å². The van der Waals surface area contributed by atoms with Crippen LogP contribution in [-0.2, 0) is 48.0 Å². The van der Waals surface area contributed by atoms with Crippen LogP contribution in [-0.4, -0.2) is 101 Å². The zero-order chi connectivity index (χ0) is 43.7. The first kappa shape index (κ1) is 47.0. The number of carbonyl (C=O) groups is 6. The first-order valence-electron chi connectivity index (χ1n) is 20.8. The highest BCUT2D eigenvalue weighted by Crippen LogP contribution is 2.21. The first-order chi connectivity index (χ1) is 28.7. The fourth-order valence-corrected chi connectivity index (χ4v) is 7.19. The number of rotatable bonds is 22. The summed E-state index contributed by atoms with van der Waals surface area (Å²) in [5, 5.41) is 21.0. The van der Waals surface area contributed by atoms with Crippen LogP contribution < -0.4 is 38.5 Å². The summed E-state index contributed by atoms with van der Waals surface area (Å²) in [6.45, 7) is 4.41. The van der Waals surface area contributed by atoms with Crippen LogP contribution in [0.3, 0.4) is 0 Å². The van der Waals surface area contributed by atoms with Crippen LogP contribution in [0.4, 0.5) is 0 Å². The Labute approximate surface area is 352 Å². The van der Waals surface area contributed by atoms with E-state index in [1.807, 2.05) is 105 Å². The van der Waals surface area contributed by atoms with Gasteiger partial charge in [0.15, 0.2) is 0 Å². The molecule has 324 valence electrons. The summed E-state index contributed by atoms with van der Waals surface area (Å²) in [6, 6.07) is 22.3. The molecule has 3 aromatic carbocycles. The van der Waals surface area contributed by atoms with Crippen molar-refractivity contribution in [2.45, 2.75) is 107 Å². The molecule has 0 saturated carbocycles. The Kier molecular flexibility index (Phi) is 18.2. The molecule has 15 heteroatoms. The van der Waals surface area contributed by atoms with Gasteiger partial charge in [0.05, 0.1) is 6.04 Å². The quantitative estimate of drug-likeness (QED) is 0.0679. The maximum Gasteiger partial charge on any atom is 0.323 e. The molecular weight excluding hydrogens is 765 g/mol. The second kappa shape index (κ2) is 23.2. The molecule has 0 aromatic heterocycles. The number of piperidine rings is 1. The van der Waals surface area contributed by atoms with Gasteiger partial charge in [-0.3, -0.25) is 28.8 Å². The molecule has 1 heterocycles. The second-order valence-electron chi connectivity index (χ2n) is 16.1. The summed E-state index contributed by atoms with van der Waals surface area (Å²) in [5.74, 6) is -3.91. The monoisotopic (exact) mass is 826 g/mol. The number of unbranched alkanes of at least 4 members (excludes halogenated alkanes) is 1. The summed E-state index contributed by atoms with van der Waals surface area (Å²) < 4.78 is 0. The minimum Gasteiger partial charge on any atom is -0.480 e. The van der Waals surface area contributed by atoms with Crippen LogP contribution in [0, 0.1) is 5.92 Å². The Balaban J connectivity index is 1.55. The number of aliphatic carboxylic acids is 1. The van der Waals surface area contributed by atoms with Crippen molar-refractivity contribution in [3.05, 3.63) is 108 Å². The van der Waals surface area contributed by atoms with Gasteiger partial charge in [-0.15, -0.1) is 0 Å². The van der Waals surface area contributed by atoms with Crippen molar-refractivity contribution < 1.29 is 33.9 Å². The normalized spacial score (nSPS) is 16.1. The number of hydrogen-bond acceptors (Lipinski definition) is 9. The minimum atomic E-state index is -1.43. The van der Waals surface area contributed by atoms with Crippen molar-refractivity contribution in [1.29, 1.82) is 0 Å². The van der Waals surface area contributed by atoms with Crippen molar-refractivity contribution in [3.8, 4) is 0 Å². The number of hydrogen-bond donors (Lipinski definition) is 8. The highest BCUT2D eigenvalue weighted by atomic mass is 16.4. The van der Waals surface area contributed by atoms with Gasteiger partial charge in [-0.2, -0.15) is 0 Å². The molecule has 0 radical (unpaired) electrons. The number of benzene rings is 3. The highest BCUT2D eigenvalue weighted by Gasteiger charge is 2.40. The molecule has 4 rings (SSSR count). The average Bonchev–Trinajstić information content (AvgIpc) is 3.23. The molecule has 3 aromatic rings. The molecule has 11 N–H and O–H groups in total. The lowest BCUT2D eigenvalue weighted by Gasteiger charge is -2.38. The summed E-state index contributed by atoms with van der Waals surface area (Å²) in [4.78, 5) is 83.2. The van der Waals surface area contributed by atoms with Gasteiger partial charge < -0.3 is 48.5 Å². The third-order valence-corrected chi connectivity index (χ3v) is 10.8. The van der Waals surface area contributed by atoms with E-state index in [9.17, 15) is 33.9 Å². The Hall–Kier alpha value is -5.64. The van der Waals surface area contributed by atoms with E-state index in [1.54, 1.807) is 0 Å². The van der Waals surface area contributed by atoms with Gasteiger partial charge in [0.2, 0.25) is 29.5 Å². The summed E-state index contributed by atoms with van der Waals surface area (Å²) >= 11 is 0. The number of amides is 5. The van der Waals surface area contributed by atoms with Crippen LogP contribution in [0.15, 0.2) is 91.0 Å². The Morgan fingerprint density at radius 1 is 0.633 bits per heavy atom. The molecule has 0 unspecified atom stereocenters. The number of carboxylic acid groups (broad SMARTS) is 1. The molecular formula is C45H62N8O7. The maximum absolute atomic E-state index is 14.3. The van der Waals surface area contributed by atoms with Gasteiger partial charge >= 0.3 is 5.97 Å². The molecule has 60 heavy (non-hydrogen) atoms. The van der Waals surface area contributed by atoms with Crippen molar-refractivity contribution in [2.75, 3.05) is 19.6 Å².